The van der Waals surface area contributed by atoms with Crippen LogP contribution < -0.4 is 4.90 Å². The highest BCUT2D eigenvalue weighted by Gasteiger charge is 2.28. The molecular formula is C26H32F2N4O3S2. The number of benzene rings is 2. The number of amides is 1. The largest absolute Gasteiger partial charge is 0.345 e. The first-order valence-corrected chi connectivity index (χ1v) is 14.6. The molecular weight excluding hydrogens is 518 g/mol. The summed E-state index contributed by atoms with van der Waals surface area (Å²) in [6.07, 6.45) is 0. The minimum absolute atomic E-state index is 0.148. The van der Waals surface area contributed by atoms with Crippen LogP contribution >= 0.6 is 11.3 Å². The predicted octanol–water partition coefficient (Wildman–Crippen LogP) is 4.84. The molecule has 0 atom stereocenters. The third-order valence-corrected chi connectivity index (χ3v) is 9.02. The van der Waals surface area contributed by atoms with E-state index in [1.807, 2.05) is 32.6 Å². The van der Waals surface area contributed by atoms with E-state index in [1.165, 1.54) is 33.8 Å². The molecule has 1 amide bonds. The molecule has 11 heteroatoms. The van der Waals surface area contributed by atoms with Crippen molar-refractivity contribution in [1.29, 1.82) is 0 Å². The van der Waals surface area contributed by atoms with Crippen molar-refractivity contribution in [3.63, 3.8) is 0 Å². The van der Waals surface area contributed by atoms with E-state index < -0.39 is 21.7 Å². The molecule has 4 rings (SSSR count). The number of aromatic nitrogens is 1. The summed E-state index contributed by atoms with van der Waals surface area (Å²) in [6, 6.07) is 8.23. The molecule has 0 saturated carbocycles. The lowest BCUT2D eigenvalue weighted by Gasteiger charge is -2.34. The number of hydrogen-bond donors (Lipinski definition) is 0. The average Bonchev–Trinajstić information content (AvgIpc) is 3.27. The summed E-state index contributed by atoms with van der Waals surface area (Å²) in [5.74, 6) is -1.12. The van der Waals surface area contributed by atoms with Crippen molar-refractivity contribution >= 4 is 42.6 Å². The molecule has 200 valence electrons. The van der Waals surface area contributed by atoms with Gasteiger partial charge in [-0.3, -0.25) is 4.79 Å². The Bertz CT molecular complexity index is 1360. The molecule has 0 aliphatic carbocycles. The number of halogens is 2. The van der Waals surface area contributed by atoms with Crippen LogP contribution in [0.3, 0.4) is 0 Å². The summed E-state index contributed by atoms with van der Waals surface area (Å²) in [4.78, 5) is 21.3. The van der Waals surface area contributed by atoms with Crippen LogP contribution in [0.2, 0.25) is 0 Å². The Hall–Kier alpha value is -2.63. The summed E-state index contributed by atoms with van der Waals surface area (Å²) in [6.45, 7) is 10.7. The van der Waals surface area contributed by atoms with Gasteiger partial charge in [-0.15, -0.1) is 0 Å². The zero-order valence-corrected chi connectivity index (χ0v) is 23.1. The predicted molar refractivity (Wildman–Crippen MR) is 143 cm³/mol. The molecule has 0 radical (unpaired) electrons. The lowest BCUT2D eigenvalue weighted by molar-refractivity contribution is 0.0746. The van der Waals surface area contributed by atoms with Gasteiger partial charge in [0.1, 0.15) is 11.3 Å². The van der Waals surface area contributed by atoms with Crippen molar-refractivity contribution < 1.29 is 22.0 Å². The summed E-state index contributed by atoms with van der Waals surface area (Å²) < 4.78 is 56.0. The molecule has 1 saturated heterocycles. The molecule has 37 heavy (non-hydrogen) atoms. The average molecular weight is 551 g/mol. The number of carbonyl (C=O) groups excluding carboxylic acids is 1. The van der Waals surface area contributed by atoms with Crippen LogP contribution in [-0.4, -0.2) is 67.8 Å². The highest BCUT2D eigenvalue weighted by atomic mass is 32.2. The Morgan fingerprint density at radius 3 is 2.16 bits per heavy atom. The minimum atomic E-state index is -3.67. The maximum atomic E-state index is 14.0. The molecule has 1 aliphatic rings. The quantitative estimate of drug-likeness (QED) is 0.401. The highest BCUT2D eigenvalue weighted by Crippen LogP contribution is 2.31. The zero-order chi connectivity index (χ0) is 26.9. The first kappa shape index (κ1) is 27.4. The van der Waals surface area contributed by atoms with Crippen molar-refractivity contribution in [2.75, 3.05) is 44.2 Å². The Balaban J connectivity index is 1.42. The van der Waals surface area contributed by atoms with E-state index in [1.54, 1.807) is 17.0 Å². The number of thiazole rings is 1. The maximum absolute atomic E-state index is 14.0. The van der Waals surface area contributed by atoms with Gasteiger partial charge in [-0.1, -0.05) is 39.0 Å². The van der Waals surface area contributed by atoms with Crippen molar-refractivity contribution in [2.24, 2.45) is 11.8 Å². The van der Waals surface area contributed by atoms with Crippen LogP contribution in [0.5, 0.6) is 0 Å². The second kappa shape index (κ2) is 11.0. The second-order valence-electron chi connectivity index (χ2n) is 10.1. The number of piperazine rings is 1. The third-order valence-electron chi connectivity index (χ3n) is 6.12. The molecule has 0 N–H and O–H groups in total. The molecule has 1 aliphatic heterocycles. The zero-order valence-electron chi connectivity index (χ0n) is 21.4. The van der Waals surface area contributed by atoms with Crippen LogP contribution in [0.1, 0.15) is 38.1 Å². The fraction of sp³-hybridized carbons (Fsp3) is 0.462. The molecule has 7 nitrogen and oxygen atoms in total. The summed E-state index contributed by atoms with van der Waals surface area (Å²) >= 11 is 1.22. The van der Waals surface area contributed by atoms with Gasteiger partial charge in [0.15, 0.2) is 10.9 Å². The van der Waals surface area contributed by atoms with Crippen LogP contribution in [0.25, 0.3) is 10.2 Å². The van der Waals surface area contributed by atoms with Gasteiger partial charge < -0.3 is 9.80 Å². The van der Waals surface area contributed by atoms with Crippen molar-refractivity contribution in [3.8, 4) is 0 Å². The molecule has 0 bridgehead atoms. The van der Waals surface area contributed by atoms with Gasteiger partial charge in [-0.25, -0.2) is 22.2 Å². The van der Waals surface area contributed by atoms with E-state index >= 15 is 0 Å². The molecule has 1 fully saturated rings. The summed E-state index contributed by atoms with van der Waals surface area (Å²) in [7, 11) is -3.67. The van der Waals surface area contributed by atoms with Crippen molar-refractivity contribution in [2.45, 2.75) is 32.6 Å². The third kappa shape index (κ3) is 6.10. The van der Waals surface area contributed by atoms with E-state index in [4.69, 9.17) is 0 Å². The van der Waals surface area contributed by atoms with Crippen LogP contribution in [-0.2, 0) is 10.0 Å². The van der Waals surface area contributed by atoms with E-state index in [0.717, 1.165) is 6.07 Å². The molecule has 1 aromatic heterocycles. The van der Waals surface area contributed by atoms with Gasteiger partial charge in [-0.2, -0.15) is 4.31 Å². The lowest BCUT2D eigenvalue weighted by Crippen LogP contribution is -2.48. The topological polar surface area (TPSA) is 73.8 Å². The number of fused-ring (bicyclic) bond motifs is 1. The normalized spacial score (nSPS) is 14.9. The van der Waals surface area contributed by atoms with E-state index in [2.05, 4.69) is 4.98 Å². The van der Waals surface area contributed by atoms with Crippen molar-refractivity contribution in [3.05, 3.63) is 53.6 Å². The van der Waals surface area contributed by atoms with E-state index in [9.17, 15) is 22.0 Å². The van der Waals surface area contributed by atoms with Crippen LogP contribution in [0, 0.1) is 23.5 Å². The summed E-state index contributed by atoms with van der Waals surface area (Å²) in [5, 5.41) is 0.591. The Kier molecular flexibility index (Phi) is 8.15. The fourth-order valence-corrected chi connectivity index (χ4v) is 7.19. The number of carbonyl (C=O) groups is 1. The van der Waals surface area contributed by atoms with Gasteiger partial charge in [0, 0.05) is 50.9 Å². The van der Waals surface area contributed by atoms with Gasteiger partial charge in [0.2, 0.25) is 10.0 Å². The van der Waals surface area contributed by atoms with Crippen molar-refractivity contribution in [1.82, 2.24) is 14.2 Å². The molecule has 2 heterocycles. The monoisotopic (exact) mass is 550 g/mol. The number of hydrogen-bond acceptors (Lipinski definition) is 6. The van der Waals surface area contributed by atoms with E-state index in [-0.39, 0.29) is 28.2 Å². The number of anilines is 1. The molecule has 0 unspecified atom stereocenters. The maximum Gasteiger partial charge on any atom is 0.253 e. The molecule has 2 aromatic carbocycles. The summed E-state index contributed by atoms with van der Waals surface area (Å²) in [5.41, 5.74) is 0.569. The Morgan fingerprint density at radius 1 is 1.00 bits per heavy atom. The smallest absolute Gasteiger partial charge is 0.253 e. The first-order chi connectivity index (χ1) is 17.5. The Morgan fingerprint density at radius 2 is 1.59 bits per heavy atom. The van der Waals surface area contributed by atoms with Gasteiger partial charge >= 0.3 is 0 Å². The fourth-order valence-electron chi connectivity index (χ4n) is 4.37. The minimum Gasteiger partial charge on any atom is -0.345 e. The standard InChI is InChI=1S/C26H32F2N4O3S2/c1-17(2)15-32(16-18(3)4)37(34,35)21-7-5-19(6-8-21)25(33)30-9-11-31(12-10-30)26-29-24-22(28)13-20(27)14-23(24)36-26/h5-8,13-14,17-18H,9-12,15-16H2,1-4H3. The van der Waals surface area contributed by atoms with Gasteiger partial charge in [0.05, 0.1) is 9.60 Å². The van der Waals surface area contributed by atoms with Gasteiger partial charge in [0.25, 0.3) is 5.91 Å². The van der Waals surface area contributed by atoms with Crippen LogP contribution in [0.4, 0.5) is 13.9 Å². The van der Waals surface area contributed by atoms with Gasteiger partial charge in [-0.05, 0) is 42.2 Å². The number of rotatable bonds is 8. The second-order valence-corrected chi connectivity index (χ2v) is 13.1. The SMILES string of the molecule is CC(C)CN(CC(C)C)S(=O)(=O)c1ccc(C(=O)N2CCN(c3nc4c(F)cc(F)cc4s3)CC2)cc1. The number of nitrogens with zero attached hydrogens (tertiary/aromatic N) is 4. The molecule has 3 aromatic rings. The number of sulfonamides is 1. The highest BCUT2D eigenvalue weighted by molar-refractivity contribution is 7.89. The Labute approximate surface area is 220 Å². The van der Waals surface area contributed by atoms with E-state index in [0.29, 0.717) is 54.7 Å². The van der Waals surface area contributed by atoms with Crippen LogP contribution in [0.15, 0.2) is 41.3 Å². The molecule has 0 spiro atoms. The lowest BCUT2D eigenvalue weighted by atomic mass is 10.2. The first-order valence-electron chi connectivity index (χ1n) is 12.4.